The molecule has 0 fully saturated rings. The predicted molar refractivity (Wildman–Crippen MR) is 107 cm³/mol. The van der Waals surface area contributed by atoms with Crippen molar-refractivity contribution in [2.75, 3.05) is 13.7 Å². The fourth-order valence-corrected chi connectivity index (χ4v) is 3.89. The van der Waals surface area contributed by atoms with Gasteiger partial charge in [-0.05, 0) is 49.7 Å². The van der Waals surface area contributed by atoms with Gasteiger partial charge in [0, 0.05) is 6.54 Å². The lowest BCUT2D eigenvalue weighted by molar-refractivity contribution is -0.122. The molecule has 9 heteroatoms. The lowest BCUT2D eigenvalue weighted by Crippen LogP contribution is -2.44. The summed E-state index contributed by atoms with van der Waals surface area (Å²) >= 11 is 6.05. The van der Waals surface area contributed by atoms with Crippen molar-refractivity contribution in [3.05, 3.63) is 53.1 Å². The largest absolute Gasteiger partial charge is 0.497 e. The van der Waals surface area contributed by atoms with Gasteiger partial charge in [0.15, 0.2) is 0 Å². The highest BCUT2D eigenvalue weighted by atomic mass is 35.5. The Kier molecular flexibility index (Phi) is 7.68. The third-order valence-electron chi connectivity index (χ3n) is 3.86. The molecular formula is C19H23ClN2O5S. The van der Waals surface area contributed by atoms with Crippen LogP contribution in [-0.2, 0) is 21.4 Å². The van der Waals surface area contributed by atoms with Crippen LogP contribution in [0.2, 0.25) is 5.02 Å². The van der Waals surface area contributed by atoms with Gasteiger partial charge in [-0.3, -0.25) is 4.79 Å². The molecule has 0 aliphatic heterocycles. The number of ether oxygens (including phenoxy) is 2. The number of hydrogen-bond acceptors (Lipinski definition) is 5. The van der Waals surface area contributed by atoms with Crippen molar-refractivity contribution in [1.82, 2.24) is 10.0 Å². The van der Waals surface area contributed by atoms with Gasteiger partial charge in [-0.15, -0.1) is 0 Å². The summed E-state index contributed by atoms with van der Waals surface area (Å²) in [5.74, 6) is 0.662. The number of carbonyl (C=O) groups excluding carboxylic acids is 1. The number of amides is 1. The standard InChI is InChI=1S/C19H23ClN2O5S/c1-4-27-18-10-9-16(11-17(18)20)28(24,25)22-13(2)19(23)21-12-14-5-7-15(26-3)8-6-14/h5-11,13,22H,4,12H2,1-3H3,(H,21,23)/t13-/m0/s1. The van der Waals surface area contributed by atoms with Crippen molar-refractivity contribution < 1.29 is 22.7 Å². The Hall–Kier alpha value is -2.29. The van der Waals surface area contributed by atoms with Gasteiger partial charge in [-0.2, -0.15) is 4.72 Å². The fraction of sp³-hybridized carbons (Fsp3) is 0.316. The van der Waals surface area contributed by atoms with E-state index < -0.39 is 22.0 Å². The zero-order valence-corrected chi connectivity index (χ0v) is 17.4. The quantitative estimate of drug-likeness (QED) is 0.643. The highest BCUT2D eigenvalue weighted by molar-refractivity contribution is 7.89. The number of hydrogen-bond donors (Lipinski definition) is 2. The number of carbonyl (C=O) groups is 1. The third-order valence-corrected chi connectivity index (χ3v) is 5.70. The molecule has 0 spiro atoms. The zero-order valence-electron chi connectivity index (χ0n) is 15.9. The van der Waals surface area contributed by atoms with Crippen molar-refractivity contribution in [3.63, 3.8) is 0 Å². The lowest BCUT2D eigenvalue weighted by Gasteiger charge is -2.15. The molecule has 0 aromatic heterocycles. The minimum Gasteiger partial charge on any atom is -0.497 e. The molecule has 0 bridgehead atoms. The van der Waals surface area contributed by atoms with Crippen molar-refractivity contribution in [1.29, 1.82) is 0 Å². The number of methoxy groups -OCH3 is 1. The van der Waals surface area contributed by atoms with Crippen molar-refractivity contribution in [2.24, 2.45) is 0 Å². The van der Waals surface area contributed by atoms with Crippen LogP contribution >= 0.6 is 11.6 Å². The van der Waals surface area contributed by atoms with Gasteiger partial charge in [-0.1, -0.05) is 23.7 Å². The topological polar surface area (TPSA) is 93.7 Å². The Labute approximate surface area is 170 Å². The molecule has 0 aliphatic rings. The fourth-order valence-electron chi connectivity index (χ4n) is 2.36. The second-order valence-electron chi connectivity index (χ2n) is 5.93. The highest BCUT2D eigenvalue weighted by Crippen LogP contribution is 2.27. The summed E-state index contributed by atoms with van der Waals surface area (Å²) in [5.41, 5.74) is 0.863. The molecule has 0 saturated heterocycles. The summed E-state index contributed by atoms with van der Waals surface area (Å²) in [7, 11) is -2.35. The molecule has 152 valence electrons. The first-order chi connectivity index (χ1) is 13.3. The Morgan fingerprint density at radius 1 is 1.18 bits per heavy atom. The molecule has 0 saturated carbocycles. The van der Waals surface area contributed by atoms with Crippen molar-refractivity contribution in [2.45, 2.75) is 31.3 Å². The minimum absolute atomic E-state index is 0.0456. The molecule has 0 heterocycles. The molecule has 2 aromatic carbocycles. The van der Waals surface area contributed by atoms with E-state index in [1.807, 2.05) is 12.1 Å². The van der Waals surface area contributed by atoms with E-state index in [0.29, 0.717) is 18.1 Å². The van der Waals surface area contributed by atoms with E-state index in [4.69, 9.17) is 21.1 Å². The first-order valence-electron chi connectivity index (χ1n) is 8.62. The summed E-state index contributed by atoms with van der Waals surface area (Å²) in [6, 6.07) is 10.4. The minimum atomic E-state index is -3.92. The summed E-state index contributed by atoms with van der Waals surface area (Å²) in [5, 5.41) is 2.88. The smallest absolute Gasteiger partial charge is 0.241 e. The van der Waals surface area contributed by atoms with Gasteiger partial charge in [0.1, 0.15) is 11.5 Å². The van der Waals surface area contributed by atoms with Crippen molar-refractivity contribution >= 4 is 27.5 Å². The Balaban J connectivity index is 1.98. The maximum atomic E-state index is 12.5. The second kappa shape index (κ2) is 9.77. The third kappa shape index (κ3) is 5.85. The van der Waals surface area contributed by atoms with E-state index in [-0.39, 0.29) is 16.5 Å². The molecule has 1 atom stereocenters. The molecule has 2 N–H and O–H groups in total. The van der Waals surface area contributed by atoms with Crippen LogP contribution in [0.3, 0.4) is 0 Å². The predicted octanol–water partition coefficient (Wildman–Crippen LogP) is 2.73. The van der Waals surface area contributed by atoms with Gasteiger partial charge in [0.2, 0.25) is 15.9 Å². The monoisotopic (exact) mass is 426 g/mol. The van der Waals surface area contributed by atoms with Crippen LogP contribution in [0.1, 0.15) is 19.4 Å². The van der Waals surface area contributed by atoms with Crippen LogP contribution in [0.15, 0.2) is 47.4 Å². The maximum absolute atomic E-state index is 12.5. The van der Waals surface area contributed by atoms with Crippen molar-refractivity contribution in [3.8, 4) is 11.5 Å². The zero-order chi connectivity index (χ0) is 20.7. The van der Waals surface area contributed by atoms with E-state index in [0.717, 1.165) is 5.56 Å². The van der Waals surface area contributed by atoms with Crippen LogP contribution in [0.5, 0.6) is 11.5 Å². The lowest BCUT2D eigenvalue weighted by atomic mass is 10.2. The number of rotatable bonds is 9. The Bertz CT molecular complexity index is 916. The number of nitrogens with one attached hydrogen (secondary N) is 2. The molecule has 2 rings (SSSR count). The average Bonchev–Trinajstić information content (AvgIpc) is 2.67. The molecule has 0 aliphatic carbocycles. The van der Waals surface area contributed by atoms with E-state index in [9.17, 15) is 13.2 Å². The summed E-state index contributed by atoms with van der Waals surface area (Å²) < 4.78 is 37.7. The van der Waals surface area contributed by atoms with Crippen LogP contribution in [-0.4, -0.2) is 34.1 Å². The maximum Gasteiger partial charge on any atom is 0.241 e. The van der Waals surface area contributed by atoms with Crippen LogP contribution in [0.4, 0.5) is 0 Å². The number of halogens is 1. The molecule has 1 amide bonds. The molecule has 2 aromatic rings. The first-order valence-corrected chi connectivity index (χ1v) is 10.5. The highest BCUT2D eigenvalue weighted by Gasteiger charge is 2.22. The van der Waals surface area contributed by atoms with E-state index >= 15 is 0 Å². The van der Waals surface area contributed by atoms with Gasteiger partial charge in [-0.25, -0.2) is 8.42 Å². The van der Waals surface area contributed by atoms with Gasteiger partial charge in [0.25, 0.3) is 0 Å². The van der Waals surface area contributed by atoms with Gasteiger partial charge < -0.3 is 14.8 Å². The average molecular weight is 427 g/mol. The molecular weight excluding hydrogens is 404 g/mol. The normalized spacial score (nSPS) is 12.3. The van der Waals surface area contributed by atoms with Gasteiger partial charge in [0.05, 0.1) is 29.7 Å². The molecule has 0 unspecified atom stereocenters. The SMILES string of the molecule is CCOc1ccc(S(=O)(=O)N[C@@H](C)C(=O)NCc2ccc(OC)cc2)cc1Cl. The second-order valence-corrected chi connectivity index (χ2v) is 8.06. The Morgan fingerprint density at radius 3 is 2.43 bits per heavy atom. The Morgan fingerprint density at radius 2 is 1.86 bits per heavy atom. The number of sulfonamides is 1. The van der Waals surface area contributed by atoms with Crippen LogP contribution in [0, 0.1) is 0 Å². The molecule has 0 radical (unpaired) electrons. The van der Waals surface area contributed by atoms with Crippen LogP contribution in [0.25, 0.3) is 0 Å². The summed E-state index contributed by atoms with van der Waals surface area (Å²) in [4.78, 5) is 12.2. The number of benzene rings is 2. The van der Waals surface area contributed by atoms with E-state index in [1.54, 1.807) is 26.2 Å². The first kappa shape index (κ1) is 22.0. The van der Waals surface area contributed by atoms with Gasteiger partial charge >= 0.3 is 0 Å². The van der Waals surface area contributed by atoms with E-state index in [1.165, 1.54) is 25.1 Å². The van der Waals surface area contributed by atoms with Crippen LogP contribution < -0.4 is 19.5 Å². The summed E-state index contributed by atoms with van der Waals surface area (Å²) in [6.45, 7) is 3.95. The molecule has 28 heavy (non-hydrogen) atoms. The summed E-state index contributed by atoms with van der Waals surface area (Å²) in [6.07, 6.45) is 0. The van der Waals surface area contributed by atoms with E-state index in [2.05, 4.69) is 10.0 Å². The molecule has 7 nitrogen and oxygen atoms in total.